The van der Waals surface area contributed by atoms with Crippen molar-refractivity contribution < 1.29 is 4.79 Å². The summed E-state index contributed by atoms with van der Waals surface area (Å²) in [5.41, 5.74) is 1.33. The fraction of sp³-hybridized carbons (Fsp3) is 0.182. The third-order valence-electron chi connectivity index (χ3n) is 4.36. The number of para-hydroxylation sites is 1. The molecule has 0 fully saturated rings. The van der Waals surface area contributed by atoms with Crippen molar-refractivity contribution in [2.24, 2.45) is 4.99 Å². The summed E-state index contributed by atoms with van der Waals surface area (Å²) in [4.78, 5) is 36.2. The number of rotatable bonds is 5. The highest BCUT2D eigenvalue weighted by molar-refractivity contribution is 8.18. The largest absolute Gasteiger partial charge is 0.320 e. The van der Waals surface area contributed by atoms with Crippen molar-refractivity contribution >= 4 is 75.0 Å². The number of nitrogens with zero attached hydrogens (tertiary/aromatic N) is 6. The highest BCUT2D eigenvalue weighted by Crippen LogP contribution is 2.32. The molecule has 8 nitrogen and oxygen atoms in total. The van der Waals surface area contributed by atoms with Crippen LogP contribution in [0, 0.1) is 20.8 Å². The van der Waals surface area contributed by atoms with E-state index in [0.717, 1.165) is 17.3 Å². The summed E-state index contributed by atoms with van der Waals surface area (Å²) in [6.45, 7) is 9.18. The Kier molecular flexibility index (Phi) is 8.48. The number of halogens is 3. The van der Waals surface area contributed by atoms with Crippen LogP contribution < -0.4 is 10.2 Å². The zero-order valence-corrected chi connectivity index (χ0v) is 21.8. The van der Waals surface area contributed by atoms with Gasteiger partial charge in [0.1, 0.15) is 33.6 Å². The number of carbonyl (C=O) groups is 1. The van der Waals surface area contributed by atoms with Crippen molar-refractivity contribution in [2.45, 2.75) is 20.8 Å². The predicted molar refractivity (Wildman–Crippen MR) is 141 cm³/mol. The Labute approximate surface area is 216 Å². The molecule has 0 saturated carbocycles. The molecule has 0 bridgehead atoms. The maximum atomic E-state index is 12.9. The fourth-order valence-corrected chi connectivity index (χ4v) is 4.34. The number of benzene rings is 1. The van der Waals surface area contributed by atoms with Crippen molar-refractivity contribution in [1.82, 2.24) is 19.9 Å². The first-order valence-corrected chi connectivity index (χ1v) is 11.8. The lowest BCUT2D eigenvalue weighted by atomic mass is 10.2. The van der Waals surface area contributed by atoms with Gasteiger partial charge in [-0.15, -0.1) is 0 Å². The maximum absolute atomic E-state index is 12.9. The van der Waals surface area contributed by atoms with Crippen LogP contribution in [0.25, 0.3) is 0 Å². The number of thioether (sulfide) groups is 1. The monoisotopic (exact) mass is 535 g/mol. The molecule has 2 heterocycles. The van der Waals surface area contributed by atoms with Crippen LogP contribution in [-0.4, -0.2) is 38.1 Å². The van der Waals surface area contributed by atoms with E-state index in [1.165, 1.54) is 0 Å². The quantitative estimate of drug-likeness (QED) is 0.180. The van der Waals surface area contributed by atoms with E-state index in [-0.39, 0.29) is 15.2 Å². The van der Waals surface area contributed by atoms with E-state index in [9.17, 15) is 4.79 Å². The van der Waals surface area contributed by atoms with E-state index in [0.29, 0.717) is 39.2 Å². The SMILES string of the molecule is C=C(S/C(=N\C)N(c1cc(Cl)nc(C)n1)c1cc(Cl)nc(C)n1)C(=O)Nc1c(C)cccc1Cl. The molecule has 0 atom stereocenters. The van der Waals surface area contributed by atoms with Gasteiger partial charge in [-0.1, -0.05) is 53.5 Å². The standard InChI is InChI=1S/C22H20Cl3N7OS/c1-11-7-6-8-15(23)20(11)31-21(33)12(2)34-22(26-5)32(18-9-16(24)27-13(3)29-18)19-10-17(25)28-14(4)30-19/h6-10H,2H2,1,3-5H3,(H,31,33)/b26-22-. The van der Waals surface area contributed by atoms with Crippen LogP contribution in [0.1, 0.15) is 17.2 Å². The first-order valence-electron chi connectivity index (χ1n) is 9.81. The van der Waals surface area contributed by atoms with E-state index < -0.39 is 5.91 Å². The minimum absolute atomic E-state index is 0.165. The molecule has 12 heteroatoms. The lowest BCUT2D eigenvalue weighted by Gasteiger charge is -2.24. The highest BCUT2D eigenvalue weighted by atomic mass is 35.5. The Morgan fingerprint density at radius 3 is 2.03 bits per heavy atom. The van der Waals surface area contributed by atoms with Gasteiger partial charge in [-0.05, 0) is 44.2 Å². The van der Waals surface area contributed by atoms with Gasteiger partial charge in [-0.25, -0.2) is 19.9 Å². The van der Waals surface area contributed by atoms with Gasteiger partial charge in [0.15, 0.2) is 5.17 Å². The van der Waals surface area contributed by atoms with Crippen LogP contribution in [0.3, 0.4) is 0 Å². The Bertz CT molecular complexity index is 1190. The Balaban J connectivity index is 1.97. The van der Waals surface area contributed by atoms with E-state index in [2.05, 4.69) is 36.8 Å². The topological polar surface area (TPSA) is 96.3 Å². The number of aryl methyl sites for hydroxylation is 3. The molecule has 3 rings (SSSR count). The van der Waals surface area contributed by atoms with Crippen LogP contribution in [-0.2, 0) is 4.79 Å². The van der Waals surface area contributed by atoms with Gasteiger partial charge in [0.05, 0.1) is 15.6 Å². The van der Waals surface area contributed by atoms with Crippen molar-refractivity contribution in [3.05, 3.63) is 74.4 Å². The first-order chi connectivity index (χ1) is 16.1. The molecular weight excluding hydrogens is 517 g/mol. The molecule has 0 radical (unpaired) electrons. The molecule has 1 N–H and O–H groups in total. The Morgan fingerprint density at radius 1 is 1.00 bits per heavy atom. The van der Waals surface area contributed by atoms with Gasteiger partial charge in [0.25, 0.3) is 5.91 Å². The summed E-state index contributed by atoms with van der Waals surface area (Å²) in [6, 6.07) is 8.47. The fourth-order valence-electron chi connectivity index (χ4n) is 2.90. The molecule has 3 aromatic rings. The van der Waals surface area contributed by atoms with Crippen molar-refractivity contribution in [1.29, 1.82) is 0 Å². The Hall–Kier alpha value is -2.72. The summed E-state index contributed by atoms with van der Waals surface area (Å²) >= 11 is 19.7. The molecule has 0 spiro atoms. The lowest BCUT2D eigenvalue weighted by Crippen LogP contribution is -2.27. The number of anilines is 3. The number of amides is 1. The number of amidine groups is 1. The summed E-state index contributed by atoms with van der Waals surface area (Å²) < 4.78 is 0. The molecule has 0 unspecified atom stereocenters. The van der Waals surface area contributed by atoms with Gasteiger partial charge in [-0.2, -0.15) is 0 Å². The number of aromatic nitrogens is 4. The molecule has 0 aliphatic heterocycles. The lowest BCUT2D eigenvalue weighted by molar-refractivity contribution is -0.112. The molecule has 1 amide bonds. The molecule has 0 aliphatic carbocycles. The molecular formula is C22H20Cl3N7OS. The second-order valence-corrected chi connectivity index (χ2v) is 9.19. The predicted octanol–water partition coefficient (Wildman–Crippen LogP) is 6.16. The highest BCUT2D eigenvalue weighted by Gasteiger charge is 2.24. The third-order valence-corrected chi connectivity index (χ3v) is 6.04. The van der Waals surface area contributed by atoms with E-state index in [4.69, 9.17) is 34.8 Å². The van der Waals surface area contributed by atoms with Crippen molar-refractivity contribution in [3.8, 4) is 0 Å². The minimum Gasteiger partial charge on any atom is -0.320 e. The van der Waals surface area contributed by atoms with Gasteiger partial charge in [0.2, 0.25) is 0 Å². The number of nitrogens with one attached hydrogen (secondary N) is 1. The second-order valence-electron chi connectivity index (χ2n) is 6.94. The van der Waals surface area contributed by atoms with Gasteiger partial charge in [0, 0.05) is 19.2 Å². The zero-order valence-electron chi connectivity index (χ0n) is 18.7. The molecule has 34 heavy (non-hydrogen) atoms. The second kappa shape index (κ2) is 11.1. The molecule has 0 aliphatic rings. The molecule has 0 saturated heterocycles. The molecule has 176 valence electrons. The summed E-state index contributed by atoms with van der Waals surface area (Å²) in [5, 5.41) is 4.04. The van der Waals surface area contributed by atoms with E-state index in [1.807, 2.05) is 13.0 Å². The Morgan fingerprint density at radius 2 is 1.56 bits per heavy atom. The van der Waals surface area contributed by atoms with E-state index >= 15 is 0 Å². The van der Waals surface area contributed by atoms with Gasteiger partial charge >= 0.3 is 0 Å². The van der Waals surface area contributed by atoms with Crippen molar-refractivity contribution in [3.63, 3.8) is 0 Å². The third kappa shape index (κ3) is 6.24. The van der Waals surface area contributed by atoms with Crippen molar-refractivity contribution in [2.75, 3.05) is 17.3 Å². The summed E-state index contributed by atoms with van der Waals surface area (Å²) in [6.07, 6.45) is 0. The average molecular weight is 537 g/mol. The maximum Gasteiger partial charge on any atom is 0.261 e. The molecule has 1 aromatic carbocycles. The van der Waals surface area contributed by atoms with Crippen LogP contribution in [0.2, 0.25) is 15.3 Å². The van der Waals surface area contributed by atoms with Crippen LogP contribution in [0.15, 0.2) is 46.8 Å². The first kappa shape index (κ1) is 25.9. The van der Waals surface area contributed by atoms with Crippen LogP contribution >= 0.6 is 46.6 Å². The molecule has 2 aromatic heterocycles. The van der Waals surface area contributed by atoms with Gasteiger partial charge in [-0.3, -0.25) is 14.7 Å². The van der Waals surface area contributed by atoms with Crippen LogP contribution in [0.5, 0.6) is 0 Å². The summed E-state index contributed by atoms with van der Waals surface area (Å²) in [5.74, 6) is 1.21. The van der Waals surface area contributed by atoms with E-state index in [1.54, 1.807) is 50.1 Å². The zero-order chi connectivity index (χ0) is 25.0. The smallest absolute Gasteiger partial charge is 0.261 e. The van der Waals surface area contributed by atoms with Gasteiger partial charge < -0.3 is 5.32 Å². The number of aliphatic imine (C=N–C) groups is 1. The normalized spacial score (nSPS) is 11.3. The van der Waals surface area contributed by atoms with Crippen LogP contribution in [0.4, 0.5) is 17.3 Å². The minimum atomic E-state index is -0.434. The number of carbonyl (C=O) groups excluding carboxylic acids is 1. The number of hydrogen-bond acceptors (Lipinski definition) is 7. The average Bonchev–Trinajstić information content (AvgIpc) is 2.74. The number of hydrogen-bond donors (Lipinski definition) is 1. The summed E-state index contributed by atoms with van der Waals surface area (Å²) in [7, 11) is 1.57.